The molecule has 5 nitrogen and oxygen atoms in total. The highest BCUT2D eigenvalue weighted by Crippen LogP contribution is 2.40. The fourth-order valence-electron chi connectivity index (χ4n) is 8.22. The number of para-hydroxylation sites is 2. The van der Waals surface area contributed by atoms with Crippen LogP contribution in [0.5, 0.6) is 0 Å². The number of fused-ring (bicyclic) bond motifs is 6. The first-order valence-corrected chi connectivity index (χ1v) is 18.5. The number of benzene rings is 8. The van der Waals surface area contributed by atoms with Crippen molar-refractivity contribution in [3.8, 4) is 56.5 Å². The van der Waals surface area contributed by atoms with Crippen LogP contribution in [0.15, 0.2) is 199 Å². The molecule has 0 aliphatic heterocycles. The zero-order valence-corrected chi connectivity index (χ0v) is 29.7. The van der Waals surface area contributed by atoms with Crippen molar-refractivity contribution in [2.45, 2.75) is 0 Å². The molecule has 11 aromatic rings. The molecule has 0 aliphatic carbocycles. The molecule has 0 unspecified atom stereocenters. The Morgan fingerprint density at radius 3 is 1.53 bits per heavy atom. The largest absolute Gasteiger partial charge is 0.416 e. The summed E-state index contributed by atoms with van der Waals surface area (Å²) in [7, 11) is 0. The summed E-state index contributed by atoms with van der Waals surface area (Å²) in [5.74, 6) is 0.959. The van der Waals surface area contributed by atoms with E-state index >= 15 is 0 Å². The minimum atomic E-state index is 0.475. The van der Waals surface area contributed by atoms with Crippen LogP contribution in [0.1, 0.15) is 0 Å². The summed E-state index contributed by atoms with van der Waals surface area (Å²) in [5, 5.41) is 13.9. The van der Waals surface area contributed by atoms with Crippen molar-refractivity contribution in [1.82, 2.24) is 19.3 Å². The zero-order chi connectivity index (χ0) is 36.3. The molecule has 3 aromatic heterocycles. The SMILES string of the molecule is c1ccc(-c2cccc(-n3c4ccccc4c4ccc(-c5nnc(-c6cccc7c6c6ccccc6n7-c6cccc(-c7ccccc7)c6)o5)cc43)c2)cc1. The molecular weight excluding hydrogens is 673 g/mol. The van der Waals surface area contributed by atoms with Crippen LogP contribution >= 0.6 is 0 Å². The predicted molar refractivity (Wildman–Crippen MR) is 225 cm³/mol. The third kappa shape index (κ3) is 5.09. The van der Waals surface area contributed by atoms with E-state index in [2.05, 4.69) is 213 Å². The molecule has 5 heteroatoms. The highest BCUT2D eigenvalue weighted by atomic mass is 16.4. The summed E-state index contributed by atoms with van der Waals surface area (Å²) in [6, 6.07) is 68.3. The van der Waals surface area contributed by atoms with E-state index in [4.69, 9.17) is 4.42 Å². The Morgan fingerprint density at radius 2 is 0.836 bits per heavy atom. The van der Waals surface area contributed by atoms with Gasteiger partial charge in [-0.3, -0.25) is 0 Å². The maximum Gasteiger partial charge on any atom is 0.248 e. The minimum Gasteiger partial charge on any atom is -0.416 e. The minimum absolute atomic E-state index is 0.475. The van der Waals surface area contributed by atoms with E-state index in [1.54, 1.807) is 0 Å². The second-order valence-corrected chi connectivity index (χ2v) is 13.9. The van der Waals surface area contributed by atoms with E-state index in [-0.39, 0.29) is 0 Å². The maximum atomic E-state index is 6.61. The standard InChI is InChI=1S/C50H32N4O/c1-3-14-33(15-4-1)35-18-11-20-38(30-35)53-45-26-10-8-23-42(45)48-43(24-13-27-46(48)53)50-52-51-49(55-50)37-28-29-41-40-22-7-9-25-44(40)54(47(41)32-37)39-21-12-19-36(31-39)34-16-5-2-6-17-34/h1-32H. The lowest BCUT2D eigenvalue weighted by Crippen LogP contribution is -1.94. The lowest BCUT2D eigenvalue weighted by Gasteiger charge is -2.11. The second kappa shape index (κ2) is 12.6. The van der Waals surface area contributed by atoms with Crippen LogP contribution in [0.3, 0.4) is 0 Å². The van der Waals surface area contributed by atoms with Gasteiger partial charge in [-0.05, 0) is 82.9 Å². The van der Waals surface area contributed by atoms with Crippen molar-refractivity contribution in [2.75, 3.05) is 0 Å². The van der Waals surface area contributed by atoms with Gasteiger partial charge in [0.05, 0.1) is 22.1 Å². The maximum absolute atomic E-state index is 6.61. The molecule has 55 heavy (non-hydrogen) atoms. The molecule has 0 radical (unpaired) electrons. The molecule has 8 aromatic carbocycles. The van der Waals surface area contributed by atoms with Crippen molar-refractivity contribution in [3.05, 3.63) is 194 Å². The average Bonchev–Trinajstić information content (AvgIpc) is 3.97. The van der Waals surface area contributed by atoms with Crippen LogP contribution in [-0.2, 0) is 0 Å². The van der Waals surface area contributed by atoms with Crippen LogP contribution < -0.4 is 0 Å². The first kappa shape index (κ1) is 31.1. The van der Waals surface area contributed by atoms with Gasteiger partial charge in [-0.15, -0.1) is 10.2 Å². The summed E-state index contributed by atoms with van der Waals surface area (Å²) in [6.07, 6.45) is 0. The van der Waals surface area contributed by atoms with Gasteiger partial charge in [-0.1, -0.05) is 133 Å². The van der Waals surface area contributed by atoms with E-state index in [0.29, 0.717) is 11.8 Å². The van der Waals surface area contributed by atoms with E-state index in [0.717, 1.165) is 60.7 Å². The van der Waals surface area contributed by atoms with Crippen molar-refractivity contribution in [3.63, 3.8) is 0 Å². The smallest absolute Gasteiger partial charge is 0.248 e. The lowest BCUT2D eigenvalue weighted by atomic mass is 10.1. The molecule has 0 amide bonds. The van der Waals surface area contributed by atoms with E-state index in [1.165, 1.54) is 27.6 Å². The molecule has 11 rings (SSSR count). The van der Waals surface area contributed by atoms with Crippen molar-refractivity contribution in [1.29, 1.82) is 0 Å². The molecule has 0 aliphatic rings. The van der Waals surface area contributed by atoms with Gasteiger partial charge in [-0.2, -0.15) is 0 Å². The van der Waals surface area contributed by atoms with E-state index in [1.807, 2.05) is 0 Å². The second-order valence-electron chi connectivity index (χ2n) is 13.9. The van der Waals surface area contributed by atoms with Crippen LogP contribution in [0.4, 0.5) is 0 Å². The van der Waals surface area contributed by atoms with Crippen molar-refractivity contribution < 1.29 is 4.42 Å². The molecule has 0 saturated heterocycles. The topological polar surface area (TPSA) is 48.8 Å². The van der Waals surface area contributed by atoms with E-state index < -0.39 is 0 Å². The van der Waals surface area contributed by atoms with Crippen LogP contribution in [-0.4, -0.2) is 19.3 Å². The number of nitrogens with zero attached hydrogens (tertiary/aromatic N) is 4. The van der Waals surface area contributed by atoms with Gasteiger partial charge < -0.3 is 13.6 Å². The molecule has 0 bridgehead atoms. The van der Waals surface area contributed by atoms with Gasteiger partial charge in [0.2, 0.25) is 11.8 Å². The molecule has 0 saturated carbocycles. The summed E-state index contributed by atoms with van der Waals surface area (Å²) in [4.78, 5) is 0. The monoisotopic (exact) mass is 704 g/mol. The van der Waals surface area contributed by atoms with Gasteiger partial charge in [0.25, 0.3) is 0 Å². The lowest BCUT2D eigenvalue weighted by molar-refractivity contribution is 0.585. The number of rotatable bonds is 6. The normalized spacial score (nSPS) is 11.6. The van der Waals surface area contributed by atoms with Crippen LogP contribution in [0.25, 0.3) is 100 Å². The highest BCUT2D eigenvalue weighted by molar-refractivity contribution is 6.15. The molecule has 0 atom stereocenters. The third-order valence-electron chi connectivity index (χ3n) is 10.7. The van der Waals surface area contributed by atoms with Gasteiger partial charge in [0.1, 0.15) is 0 Å². The predicted octanol–water partition coefficient (Wildman–Crippen LogP) is 12.9. The molecule has 258 valence electrons. The fraction of sp³-hybridized carbons (Fsp3) is 0. The van der Waals surface area contributed by atoms with E-state index in [9.17, 15) is 0 Å². The number of hydrogen-bond donors (Lipinski definition) is 0. The van der Waals surface area contributed by atoms with Crippen LogP contribution in [0, 0.1) is 0 Å². The first-order valence-electron chi connectivity index (χ1n) is 18.5. The Kier molecular flexibility index (Phi) is 7.10. The summed E-state index contributed by atoms with van der Waals surface area (Å²) >= 11 is 0. The molecule has 0 fully saturated rings. The van der Waals surface area contributed by atoms with Gasteiger partial charge >= 0.3 is 0 Å². The summed E-state index contributed by atoms with van der Waals surface area (Å²) in [6.45, 7) is 0. The third-order valence-corrected chi connectivity index (χ3v) is 10.7. The summed E-state index contributed by atoms with van der Waals surface area (Å²) in [5.41, 5.74) is 13.1. The Morgan fingerprint density at radius 1 is 0.327 bits per heavy atom. The average molecular weight is 705 g/mol. The van der Waals surface area contributed by atoms with Gasteiger partial charge in [-0.25, -0.2) is 0 Å². The van der Waals surface area contributed by atoms with Gasteiger partial charge in [0, 0.05) is 44.0 Å². The first-order chi connectivity index (χ1) is 27.3. The quantitative estimate of drug-likeness (QED) is 0.173. The number of hydrogen-bond acceptors (Lipinski definition) is 3. The van der Waals surface area contributed by atoms with Gasteiger partial charge in [0.15, 0.2) is 0 Å². The summed E-state index contributed by atoms with van der Waals surface area (Å²) < 4.78 is 11.3. The Bertz CT molecular complexity index is 3210. The van der Waals surface area contributed by atoms with Crippen molar-refractivity contribution >= 4 is 43.6 Å². The number of aromatic nitrogens is 4. The molecular formula is C50H32N4O. The molecule has 0 spiro atoms. The van der Waals surface area contributed by atoms with Crippen LogP contribution in [0.2, 0.25) is 0 Å². The Balaban J connectivity index is 1.04. The zero-order valence-electron chi connectivity index (χ0n) is 29.7. The molecule has 3 heterocycles. The Hall–Kier alpha value is -7.50. The Labute approximate surface area is 317 Å². The fourth-order valence-corrected chi connectivity index (χ4v) is 8.22. The van der Waals surface area contributed by atoms with Crippen molar-refractivity contribution in [2.24, 2.45) is 0 Å². The highest BCUT2D eigenvalue weighted by Gasteiger charge is 2.21. The molecule has 0 N–H and O–H groups in total.